The van der Waals surface area contributed by atoms with Crippen LogP contribution in [0.15, 0.2) is 24.3 Å². The second-order valence-electron chi connectivity index (χ2n) is 4.74. The van der Waals surface area contributed by atoms with Gasteiger partial charge in [0, 0.05) is 6.54 Å². The molecular weight excluding hydrogens is 290 g/mol. The molecule has 0 fully saturated rings. The number of carbonyl (C=O) groups is 1. The third-order valence-corrected chi connectivity index (χ3v) is 4.52. The topological polar surface area (TPSA) is 88.7 Å². The number of carboxylic acid groups (broad SMARTS) is 1. The fourth-order valence-corrected chi connectivity index (χ4v) is 3.53. The monoisotopic (exact) mass is 305 g/mol. The minimum atomic E-state index is -0.925. The van der Waals surface area contributed by atoms with Crippen molar-refractivity contribution < 1.29 is 14.6 Å². The predicted molar refractivity (Wildman–Crippen MR) is 81.8 cm³/mol. The van der Waals surface area contributed by atoms with Crippen LogP contribution in [-0.4, -0.2) is 34.7 Å². The molecule has 0 saturated carbocycles. The molecule has 2 heterocycles. The highest BCUT2D eigenvalue weighted by molar-refractivity contribution is 7.22. The first-order chi connectivity index (χ1) is 10.1. The molecule has 7 heteroatoms. The number of aromatic nitrogens is 1. The Bertz CT molecular complexity index is 726. The molecule has 3 N–H and O–H groups in total. The Morgan fingerprint density at radius 1 is 1.52 bits per heavy atom. The molecule has 6 nitrogen and oxygen atoms in total. The lowest BCUT2D eigenvalue weighted by atomic mass is 9.99. The highest BCUT2D eigenvalue weighted by Gasteiger charge is 2.28. The number of benzene rings is 1. The normalized spacial score (nSPS) is 18.1. The van der Waals surface area contributed by atoms with Crippen molar-refractivity contribution in [3.05, 3.63) is 29.8 Å². The average Bonchev–Trinajstić information content (AvgIpc) is 2.87. The van der Waals surface area contributed by atoms with Crippen molar-refractivity contribution in [1.29, 1.82) is 0 Å². The van der Waals surface area contributed by atoms with E-state index in [0.717, 1.165) is 10.3 Å². The fraction of sp³-hybridized carbons (Fsp3) is 0.286. The number of methoxy groups -OCH3 is 1. The molecule has 1 amide bonds. The van der Waals surface area contributed by atoms with E-state index in [4.69, 9.17) is 10.5 Å². The van der Waals surface area contributed by atoms with Crippen molar-refractivity contribution in [2.75, 3.05) is 19.4 Å². The molecule has 0 saturated heterocycles. The summed E-state index contributed by atoms with van der Waals surface area (Å²) in [7, 11) is 1.58. The van der Waals surface area contributed by atoms with Gasteiger partial charge in [-0.2, -0.15) is 0 Å². The molecule has 110 valence electrons. The Morgan fingerprint density at radius 2 is 2.33 bits per heavy atom. The first-order valence-corrected chi connectivity index (χ1v) is 7.31. The van der Waals surface area contributed by atoms with Gasteiger partial charge in [0.2, 0.25) is 0 Å². The van der Waals surface area contributed by atoms with Crippen molar-refractivity contribution in [2.24, 2.45) is 0 Å². The maximum atomic E-state index is 11.4. The minimum absolute atomic E-state index is 0.222. The van der Waals surface area contributed by atoms with Crippen molar-refractivity contribution in [3.8, 4) is 5.75 Å². The van der Waals surface area contributed by atoms with E-state index < -0.39 is 6.09 Å². The van der Waals surface area contributed by atoms with Gasteiger partial charge >= 0.3 is 6.09 Å². The summed E-state index contributed by atoms with van der Waals surface area (Å²) in [4.78, 5) is 17.2. The molecule has 0 radical (unpaired) electrons. The maximum absolute atomic E-state index is 11.4. The largest absolute Gasteiger partial charge is 0.494 e. The predicted octanol–water partition coefficient (Wildman–Crippen LogP) is 2.87. The minimum Gasteiger partial charge on any atom is -0.494 e. The quantitative estimate of drug-likeness (QED) is 0.833. The number of rotatable bonds is 2. The smallest absolute Gasteiger partial charge is 0.408 e. The van der Waals surface area contributed by atoms with E-state index in [0.29, 0.717) is 29.4 Å². The van der Waals surface area contributed by atoms with E-state index in [-0.39, 0.29) is 6.04 Å². The van der Waals surface area contributed by atoms with E-state index >= 15 is 0 Å². The maximum Gasteiger partial charge on any atom is 0.408 e. The number of fused-ring (bicyclic) bond motifs is 1. The van der Waals surface area contributed by atoms with Crippen LogP contribution >= 0.6 is 11.3 Å². The van der Waals surface area contributed by atoms with Crippen LogP contribution in [0.1, 0.15) is 18.0 Å². The van der Waals surface area contributed by atoms with Crippen molar-refractivity contribution in [3.63, 3.8) is 0 Å². The van der Waals surface area contributed by atoms with Crippen molar-refractivity contribution in [1.82, 2.24) is 9.88 Å². The van der Waals surface area contributed by atoms with Gasteiger partial charge in [0.25, 0.3) is 0 Å². The SMILES string of the molecule is COc1ccc(C2CC=CCN2C(=O)O)c2sc(N)nc12. The third-order valence-electron chi connectivity index (χ3n) is 3.58. The van der Waals surface area contributed by atoms with Gasteiger partial charge < -0.3 is 15.6 Å². The van der Waals surface area contributed by atoms with Crippen LogP contribution in [-0.2, 0) is 0 Å². The Labute approximate surface area is 125 Å². The average molecular weight is 305 g/mol. The Kier molecular flexibility index (Phi) is 3.42. The Hall–Kier alpha value is -2.28. The molecule has 0 aliphatic carbocycles. The number of nitrogens with zero attached hydrogens (tertiary/aromatic N) is 2. The second kappa shape index (κ2) is 5.25. The lowest BCUT2D eigenvalue weighted by Crippen LogP contribution is -2.35. The van der Waals surface area contributed by atoms with Crippen LogP contribution in [0, 0.1) is 0 Å². The summed E-state index contributed by atoms with van der Waals surface area (Å²) < 4.78 is 6.19. The standard InChI is InChI=1S/C14H15N3O3S/c1-20-10-6-5-8(12-11(10)16-13(15)21-12)9-4-2-3-7-17(9)14(18)19/h2-3,5-6,9H,4,7H2,1H3,(H2,15,16)(H,18,19). The highest BCUT2D eigenvalue weighted by atomic mass is 32.1. The first kappa shape index (κ1) is 13.7. The molecule has 21 heavy (non-hydrogen) atoms. The fourth-order valence-electron chi connectivity index (χ4n) is 2.62. The van der Waals surface area contributed by atoms with Gasteiger partial charge in [-0.05, 0) is 18.1 Å². The van der Waals surface area contributed by atoms with E-state index in [1.165, 1.54) is 16.2 Å². The molecule has 1 aliphatic heterocycles. The lowest BCUT2D eigenvalue weighted by Gasteiger charge is -2.31. The van der Waals surface area contributed by atoms with Crippen LogP contribution in [0.4, 0.5) is 9.93 Å². The van der Waals surface area contributed by atoms with Gasteiger partial charge in [0.1, 0.15) is 11.3 Å². The number of hydrogen-bond acceptors (Lipinski definition) is 5. The molecule has 1 aliphatic rings. The van der Waals surface area contributed by atoms with E-state index in [2.05, 4.69) is 4.98 Å². The number of thiazole rings is 1. The zero-order valence-electron chi connectivity index (χ0n) is 11.4. The first-order valence-electron chi connectivity index (χ1n) is 6.49. The van der Waals surface area contributed by atoms with Gasteiger partial charge in [-0.1, -0.05) is 29.6 Å². The molecule has 0 spiro atoms. The lowest BCUT2D eigenvalue weighted by molar-refractivity contribution is 0.128. The molecule has 3 rings (SSSR count). The van der Waals surface area contributed by atoms with Gasteiger partial charge in [-0.3, -0.25) is 4.90 Å². The highest BCUT2D eigenvalue weighted by Crippen LogP contribution is 2.40. The third kappa shape index (κ3) is 2.29. The van der Waals surface area contributed by atoms with Crippen LogP contribution in [0.3, 0.4) is 0 Å². The summed E-state index contributed by atoms with van der Waals surface area (Å²) in [6.07, 6.45) is 3.59. The summed E-state index contributed by atoms with van der Waals surface area (Å²) in [5.41, 5.74) is 7.43. The molecule has 0 bridgehead atoms. The molecular formula is C14H15N3O3S. The molecule has 1 unspecified atom stereocenters. The molecule has 1 atom stereocenters. The van der Waals surface area contributed by atoms with Gasteiger partial charge in [0.15, 0.2) is 5.13 Å². The molecule has 1 aromatic heterocycles. The van der Waals surface area contributed by atoms with Gasteiger partial charge in [-0.25, -0.2) is 9.78 Å². The van der Waals surface area contributed by atoms with Crippen molar-refractivity contribution >= 4 is 32.8 Å². The molecule has 1 aromatic carbocycles. The number of amides is 1. The number of anilines is 1. The zero-order valence-corrected chi connectivity index (χ0v) is 12.3. The number of hydrogen-bond donors (Lipinski definition) is 2. The van der Waals surface area contributed by atoms with Crippen LogP contribution in [0.25, 0.3) is 10.2 Å². The molecule has 2 aromatic rings. The zero-order chi connectivity index (χ0) is 15.0. The van der Waals surface area contributed by atoms with Crippen molar-refractivity contribution in [2.45, 2.75) is 12.5 Å². The van der Waals surface area contributed by atoms with Gasteiger partial charge in [0.05, 0.1) is 17.9 Å². The summed E-state index contributed by atoms with van der Waals surface area (Å²) >= 11 is 1.36. The van der Waals surface area contributed by atoms with E-state index in [1.807, 2.05) is 24.3 Å². The van der Waals surface area contributed by atoms with E-state index in [1.54, 1.807) is 7.11 Å². The Morgan fingerprint density at radius 3 is 3.05 bits per heavy atom. The van der Waals surface area contributed by atoms with Crippen LogP contribution in [0.5, 0.6) is 5.75 Å². The Balaban J connectivity index is 2.15. The number of ether oxygens (including phenoxy) is 1. The summed E-state index contributed by atoms with van der Waals surface area (Å²) in [6.45, 7) is 0.391. The van der Waals surface area contributed by atoms with Crippen LogP contribution < -0.4 is 10.5 Å². The van der Waals surface area contributed by atoms with E-state index in [9.17, 15) is 9.90 Å². The second-order valence-corrected chi connectivity index (χ2v) is 5.78. The number of nitrogen functional groups attached to an aromatic ring is 1. The van der Waals surface area contributed by atoms with Crippen LogP contribution in [0.2, 0.25) is 0 Å². The summed E-state index contributed by atoms with van der Waals surface area (Å²) in [6, 6.07) is 3.49. The number of nitrogens with two attached hydrogens (primary N) is 1. The summed E-state index contributed by atoms with van der Waals surface area (Å²) in [5, 5.41) is 9.83. The summed E-state index contributed by atoms with van der Waals surface area (Å²) in [5.74, 6) is 0.648. The van der Waals surface area contributed by atoms with Gasteiger partial charge in [-0.15, -0.1) is 0 Å².